The zero-order valence-corrected chi connectivity index (χ0v) is 14.0. The molecule has 0 nitrogen and oxygen atoms in total. The molecule has 0 aliphatic rings. The summed E-state index contributed by atoms with van der Waals surface area (Å²) >= 11 is 0. The summed E-state index contributed by atoms with van der Waals surface area (Å²) in [5, 5.41) is 0. The molecule has 0 saturated carbocycles. The molecule has 0 aromatic heterocycles. The van der Waals surface area contributed by atoms with E-state index in [1.807, 2.05) is 0 Å². The summed E-state index contributed by atoms with van der Waals surface area (Å²) < 4.78 is 0. The number of benzene rings is 1. The second-order valence-corrected chi connectivity index (χ2v) is 5.06. The van der Waals surface area contributed by atoms with Crippen LogP contribution in [-0.2, 0) is 6.42 Å². The topological polar surface area (TPSA) is 0 Å². The molecular weight excluding hydrogens is 276 g/mol. The van der Waals surface area contributed by atoms with E-state index in [4.69, 9.17) is 0 Å². The van der Waals surface area contributed by atoms with Crippen LogP contribution in [0.4, 0.5) is 0 Å². The highest BCUT2D eigenvalue weighted by atomic mass is 14.0. The number of aryl methyl sites for hydroxylation is 1. The summed E-state index contributed by atoms with van der Waals surface area (Å²) in [4.78, 5) is 0. The Hall–Kier alpha value is -0.780. The maximum Gasteiger partial charge on any atom is -0.0279 e. The molecule has 0 heteroatoms. The van der Waals surface area contributed by atoms with Crippen LogP contribution in [0.5, 0.6) is 0 Å². The maximum atomic E-state index is 2.26. The lowest BCUT2D eigenvalue weighted by Crippen LogP contribution is -1.84. The van der Waals surface area contributed by atoms with Gasteiger partial charge >= 0.3 is 0 Å². The van der Waals surface area contributed by atoms with Crippen LogP contribution in [0, 0.1) is 0 Å². The predicted octanol–water partition coefficient (Wildman–Crippen LogP) is 9.58. The van der Waals surface area contributed by atoms with Crippen molar-refractivity contribution in [1.29, 1.82) is 0 Å². The van der Waals surface area contributed by atoms with Crippen LogP contribution in [0.1, 0.15) is 115 Å². The fourth-order valence-corrected chi connectivity index (χ4v) is 1.58. The normalized spacial score (nSPS) is 7.35. The Labute approximate surface area is 152 Å². The Balaban J connectivity index is -0.0000000637. The zero-order valence-electron chi connectivity index (χ0n) is 14.0. The Kier molecular flexibility index (Phi) is 61.9. The van der Waals surface area contributed by atoms with Crippen molar-refractivity contribution in [1.82, 2.24) is 0 Å². The molecule has 0 amide bonds. The van der Waals surface area contributed by atoms with Crippen LogP contribution < -0.4 is 0 Å². The average Bonchev–Trinajstić information content (AvgIpc) is 2.42. The first kappa shape index (κ1) is 38.0. The van der Waals surface area contributed by atoms with Crippen molar-refractivity contribution in [3.63, 3.8) is 0 Å². The Morgan fingerprint density at radius 1 is 0.565 bits per heavy atom. The Morgan fingerprint density at radius 3 is 1.35 bits per heavy atom. The number of hydrogen-bond acceptors (Lipinski definition) is 0. The van der Waals surface area contributed by atoms with E-state index in [1.54, 1.807) is 0 Å². The quantitative estimate of drug-likeness (QED) is 0.456. The molecule has 1 aromatic rings. The highest BCUT2D eigenvalue weighted by molar-refractivity contribution is 5.14. The molecule has 0 heterocycles. The van der Waals surface area contributed by atoms with Gasteiger partial charge in [-0.3, -0.25) is 0 Å². The third-order valence-electron chi connectivity index (χ3n) is 2.41. The minimum Gasteiger partial charge on any atom is -0.0776 e. The summed E-state index contributed by atoms with van der Waals surface area (Å²) in [5.41, 5.74) is 1.49. The molecule has 0 bridgehead atoms. The summed E-state index contributed by atoms with van der Waals surface area (Å²) in [5.74, 6) is 0. The SMILES string of the molecule is C.C.C.C.CCC.CCC.CCCCCCCc1ccccc1. The van der Waals surface area contributed by atoms with Gasteiger partial charge in [0.25, 0.3) is 0 Å². The molecule has 0 unspecified atom stereocenters. The summed E-state index contributed by atoms with van der Waals surface area (Å²) in [6, 6.07) is 10.8. The molecule has 1 aromatic carbocycles. The summed E-state index contributed by atoms with van der Waals surface area (Å²) in [6.45, 7) is 10.8. The fourth-order valence-electron chi connectivity index (χ4n) is 1.58. The molecule has 0 aliphatic carbocycles. The van der Waals surface area contributed by atoms with Gasteiger partial charge in [-0.2, -0.15) is 0 Å². The van der Waals surface area contributed by atoms with Crippen molar-refractivity contribution in [3.8, 4) is 0 Å². The van der Waals surface area contributed by atoms with Crippen LogP contribution in [0.15, 0.2) is 30.3 Å². The van der Waals surface area contributed by atoms with Gasteiger partial charge in [0, 0.05) is 0 Å². The van der Waals surface area contributed by atoms with Crippen LogP contribution in [-0.4, -0.2) is 0 Å². The van der Waals surface area contributed by atoms with Gasteiger partial charge in [-0.15, -0.1) is 0 Å². The van der Waals surface area contributed by atoms with E-state index >= 15 is 0 Å². The lowest BCUT2D eigenvalue weighted by Gasteiger charge is -2.00. The van der Waals surface area contributed by atoms with E-state index in [0.29, 0.717) is 0 Å². The van der Waals surface area contributed by atoms with Gasteiger partial charge in [-0.25, -0.2) is 0 Å². The Bertz CT molecular complexity index is 223. The largest absolute Gasteiger partial charge is 0.0776 e. The molecule has 0 aliphatic heterocycles. The lowest BCUT2D eigenvalue weighted by molar-refractivity contribution is 0.632. The van der Waals surface area contributed by atoms with E-state index in [1.165, 1.54) is 56.9 Å². The van der Waals surface area contributed by atoms with Gasteiger partial charge in [0.2, 0.25) is 0 Å². The van der Waals surface area contributed by atoms with Crippen LogP contribution in [0.25, 0.3) is 0 Å². The van der Waals surface area contributed by atoms with E-state index < -0.39 is 0 Å². The number of rotatable bonds is 6. The van der Waals surface area contributed by atoms with Crippen LogP contribution in [0.2, 0.25) is 0 Å². The van der Waals surface area contributed by atoms with Crippen molar-refractivity contribution in [3.05, 3.63) is 35.9 Å². The number of unbranched alkanes of at least 4 members (excludes halogenated alkanes) is 4. The van der Waals surface area contributed by atoms with Gasteiger partial charge < -0.3 is 0 Å². The zero-order chi connectivity index (χ0) is 14.8. The maximum absolute atomic E-state index is 2.26. The fraction of sp³-hybridized carbons (Fsp3) is 0.739. The lowest BCUT2D eigenvalue weighted by atomic mass is 10.1. The molecule has 144 valence electrons. The second kappa shape index (κ2) is 37.5. The molecule has 0 radical (unpaired) electrons. The van der Waals surface area contributed by atoms with Gasteiger partial charge in [-0.05, 0) is 18.4 Å². The van der Waals surface area contributed by atoms with Crippen molar-refractivity contribution in [2.75, 3.05) is 0 Å². The third kappa shape index (κ3) is 38.8. The van der Waals surface area contributed by atoms with Gasteiger partial charge in [-0.1, -0.05) is 133 Å². The standard InChI is InChI=1S/C13H20.2C3H8.4CH4/c1-2-3-4-5-7-10-13-11-8-6-9-12-13;2*1-3-2;;;;/h6,8-9,11-12H,2-5,7,10H2,1H3;2*3H2,1-2H3;4*1H4. The summed E-state index contributed by atoms with van der Waals surface area (Å²) in [7, 11) is 0. The third-order valence-corrected chi connectivity index (χ3v) is 2.41. The van der Waals surface area contributed by atoms with E-state index in [-0.39, 0.29) is 29.7 Å². The second-order valence-electron chi connectivity index (χ2n) is 5.06. The molecule has 0 saturated heterocycles. The Morgan fingerprint density at radius 2 is 0.957 bits per heavy atom. The molecular formula is C23H52. The highest BCUT2D eigenvalue weighted by Crippen LogP contribution is 2.08. The highest BCUT2D eigenvalue weighted by Gasteiger charge is 1.91. The van der Waals surface area contributed by atoms with Crippen molar-refractivity contribution in [2.45, 2.75) is 116 Å². The van der Waals surface area contributed by atoms with Gasteiger partial charge in [0.05, 0.1) is 0 Å². The predicted molar refractivity (Wildman–Crippen MR) is 118 cm³/mol. The number of hydrogen-bond donors (Lipinski definition) is 0. The van der Waals surface area contributed by atoms with Crippen molar-refractivity contribution < 1.29 is 0 Å². The molecule has 23 heavy (non-hydrogen) atoms. The molecule has 0 fully saturated rings. The van der Waals surface area contributed by atoms with E-state index in [9.17, 15) is 0 Å². The van der Waals surface area contributed by atoms with Crippen LogP contribution in [0.3, 0.4) is 0 Å². The smallest absolute Gasteiger partial charge is 0.0279 e. The first-order valence-corrected chi connectivity index (χ1v) is 8.30. The molecule has 0 atom stereocenters. The average molecular weight is 329 g/mol. The van der Waals surface area contributed by atoms with E-state index in [2.05, 4.69) is 65.0 Å². The first-order valence-electron chi connectivity index (χ1n) is 8.30. The monoisotopic (exact) mass is 328 g/mol. The van der Waals surface area contributed by atoms with E-state index in [0.717, 1.165) is 0 Å². The van der Waals surface area contributed by atoms with Gasteiger partial charge in [0.15, 0.2) is 0 Å². The summed E-state index contributed by atoms with van der Waals surface area (Å²) in [6.07, 6.45) is 10.6. The van der Waals surface area contributed by atoms with Crippen molar-refractivity contribution in [2.24, 2.45) is 0 Å². The minimum absolute atomic E-state index is 0. The molecule has 0 N–H and O–H groups in total. The molecule has 0 spiro atoms. The first-order chi connectivity index (χ1) is 9.26. The molecule has 1 rings (SSSR count). The minimum atomic E-state index is 0. The van der Waals surface area contributed by atoms with Crippen molar-refractivity contribution >= 4 is 0 Å². The van der Waals surface area contributed by atoms with Crippen LogP contribution >= 0.6 is 0 Å². The van der Waals surface area contributed by atoms with Gasteiger partial charge in [0.1, 0.15) is 0 Å².